The van der Waals surface area contributed by atoms with Crippen molar-refractivity contribution >= 4 is 21.7 Å². The number of carbonyl (C=O) groups is 1. The van der Waals surface area contributed by atoms with E-state index in [1.54, 1.807) is 36.4 Å². The molecule has 0 saturated heterocycles. The van der Waals surface area contributed by atoms with Crippen molar-refractivity contribution in [2.24, 2.45) is 0 Å². The Labute approximate surface area is 145 Å². The van der Waals surface area contributed by atoms with Gasteiger partial charge in [-0.2, -0.15) is 0 Å². The second kappa shape index (κ2) is 7.02. The monoisotopic (exact) mass is 363 g/mol. The number of methoxy groups -OCH3 is 1. The van der Waals surface area contributed by atoms with Gasteiger partial charge in [-0.25, -0.2) is 8.42 Å². The van der Waals surface area contributed by atoms with Gasteiger partial charge in [-0.1, -0.05) is 18.2 Å². The lowest BCUT2D eigenvalue weighted by Gasteiger charge is -2.24. The summed E-state index contributed by atoms with van der Waals surface area (Å²) in [6.07, 6.45) is 0. The molecule has 2 aromatic rings. The number of sulfonamides is 1. The molecule has 8 heteroatoms. The van der Waals surface area contributed by atoms with E-state index in [0.29, 0.717) is 30.4 Å². The van der Waals surface area contributed by atoms with Crippen LogP contribution in [-0.2, 0) is 19.6 Å². The van der Waals surface area contributed by atoms with Crippen LogP contribution in [0, 0.1) is 0 Å². The highest BCUT2D eigenvalue weighted by Gasteiger charge is 2.29. The van der Waals surface area contributed by atoms with Gasteiger partial charge in [0.1, 0.15) is 19.8 Å². The number of nitrogens with zero attached hydrogens (tertiary/aromatic N) is 1. The first kappa shape index (κ1) is 17.1. The Morgan fingerprint density at radius 2 is 1.76 bits per heavy atom. The molecule has 1 aliphatic heterocycles. The summed E-state index contributed by atoms with van der Waals surface area (Å²) in [6, 6.07) is 12.7. The van der Waals surface area contributed by atoms with Gasteiger partial charge in [-0.3, -0.25) is 9.10 Å². The maximum atomic E-state index is 13.1. The van der Waals surface area contributed by atoms with E-state index in [1.807, 2.05) is 0 Å². The maximum Gasteiger partial charge on any atom is 0.326 e. The number of fused-ring (bicyclic) bond motifs is 1. The molecule has 0 saturated carbocycles. The van der Waals surface area contributed by atoms with E-state index in [0.717, 1.165) is 4.31 Å². The zero-order valence-electron chi connectivity index (χ0n) is 13.5. The molecule has 0 spiro atoms. The molecule has 0 unspecified atom stereocenters. The van der Waals surface area contributed by atoms with Crippen LogP contribution in [0.5, 0.6) is 11.5 Å². The maximum absolute atomic E-state index is 13.1. The Morgan fingerprint density at radius 3 is 2.44 bits per heavy atom. The predicted octanol–water partition coefficient (Wildman–Crippen LogP) is 1.83. The Hall–Kier alpha value is -2.74. The summed E-state index contributed by atoms with van der Waals surface area (Å²) in [4.78, 5) is 11.7. The molecule has 1 aliphatic rings. The molecule has 0 aliphatic carbocycles. The number of ether oxygens (including phenoxy) is 3. The fourth-order valence-corrected chi connectivity index (χ4v) is 3.83. The van der Waals surface area contributed by atoms with Crippen molar-refractivity contribution in [3.63, 3.8) is 0 Å². The van der Waals surface area contributed by atoms with Gasteiger partial charge in [0.2, 0.25) is 0 Å². The van der Waals surface area contributed by atoms with Crippen LogP contribution in [0.15, 0.2) is 53.4 Å². The zero-order valence-corrected chi connectivity index (χ0v) is 14.4. The van der Waals surface area contributed by atoms with Gasteiger partial charge in [-0.05, 0) is 24.3 Å². The summed E-state index contributed by atoms with van der Waals surface area (Å²) >= 11 is 0. The number of esters is 1. The van der Waals surface area contributed by atoms with E-state index in [-0.39, 0.29) is 4.90 Å². The fraction of sp³-hybridized carbons (Fsp3) is 0.235. The third kappa shape index (κ3) is 3.53. The van der Waals surface area contributed by atoms with Crippen LogP contribution in [0.2, 0.25) is 0 Å². The van der Waals surface area contributed by atoms with Gasteiger partial charge in [0, 0.05) is 6.07 Å². The highest BCUT2D eigenvalue weighted by atomic mass is 32.2. The lowest BCUT2D eigenvalue weighted by molar-refractivity contribution is -0.138. The van der Waals surface area contributed by atoms with Crippen LogP contribution in [0.3, 0.4) is 0 Å². The molecule has 0 bridgehead atoms. The number of carbonyl (C=O) groups excluding carboxylic acids is 1. The molecule has 0 aromatic heterocycles. The minimum absolute atomic E-state index is 0.00417. The lowest BCUT2D eigenvalue weighted by Crippen LogP contribution is -2.36. The topological polar surface area (TPSA) is 82.1 Å². The minimum atomic E-state index is -4.00. The summed E-state index contributed by atoms with van der Waals surface area (Å²) in [5.41, 5.74) is 0.364. The Bertz CT molecular complexity index is 866. The molecular weight excluding hydrogens is 346 g/mol. The van der Waals surface area contributed by atoms with E-state index >= 15 is 0 Å². The third-order valence-electron chi connectivity index (χ3n) is 3.65. The van der Waals surface area contributed by atoms with Crippen molar-refractivity contribution in [2.75, 3.05) is 31.2 Å². The lowest BCUT2D eigenvalue weighted by atomic mass is 10.3. The van der Waals surface area contributed by atoms with Crippen LogP contribution >= 0.6 is 0 Å². The number of hydrogen-bond acceptors (Lipinski definition) is 6. The summed E-state index contributed by atoms with van der Waals surface area (Å²) < 4.78 is 42.7. The molecule has 132 valence electrons. The first-order valence-electron chi connectivity index (χ1n) is 7.56. The standard InChI is InChI=1S/C17H17NO6S/c1-22-17(19)12-18(13-5-3-2-4-6-13)25(20,21)14-7-8-15-16(11-14)24-10-9-23-15/h2-8,11H,9-10,12H2,1H3. The first-order chi connectivity index (χ1) is 12.0. The smallest absolute Gasteiger partial charge is 0.326 e. The summed E-state index contributed by atoms with van der Waals surface area (Å²) in [5, 5.41) is 0. The van der Waals surface area contributed by atoms with Gasteiger partial charge in [0.25, 0.3) is 10.0 Å². The predicted molar refractivity (Wildman–Crippen MR) is 90.4 cm³/mol. The molecule has 25 heavy (non-hydrogen) atoms. The molecule has 0 radical (unpaired) electrons. The molecule has 0 N–H and O–H groups in total. The molecule has 3 rings (SSSR count). The summed E-state index contributed by atoms with van der Waals surface area (Å²) in [7, 11) is -2.79. The van der Waals surface area contributed by atoms with E-state index in [1.165, 1.54) is 19.2 Å². The molecule has 1 heterocycles. The third-order valence-corrected chi connectivity index (χ3v) is 5.42. The number of anilines is 1. The van der Waals surface area contributed by atoms with Crippen molar-refractivity contribution in [2.45, 2.75) is 4.90 Å². The second-order valence-electron chi connectivity index (χ2n) is 5.23. The number of hydrogen-bond donors (Lipinski definition) is 0. The Morgan fingerprint density at radius 1 is 1.08 bits per heavy atom. The van der Waals surface area contributed by atoms with Crippen LogP contribution in [0.25, 0.3) is 0 Å². The molecule has 2 aromatic carbocycles. The first-order valence-corrected chi connectivity index (χ1v) is 9.00. The van der Waals surface area contributed by atoms with Gasteiger partial charge in [0.05, 0.1) is 17.7 Å². The number of para-hydroxylation sites is 1. The molecule has 0 fully saturated rings. The summed E-state index contributed by atoms with van der Waals surface area (Å²) in [6.45, 7) is 0.329. The highest BCUT2D eigenvalue weighted by molar-refractivity contribution is 7.92. The van der Waals surface area contributed by atoms with Crippen molar-refractivity contribution in [1.29, 1.82) is 0 Å². The van der Waals surface area contributed by atoms with Crippen LogP contribution in [-0.4, -0.2) is 41.3 Å². The second-order valence-corrected chi connectivity index (χ2v) is 7.09. The summed E-state index contributed by atoms with van der Waals surface area (Å²) in [5.74, 6) is 0.188. The molecule has 7 nitrogen and oxygen atoms in total. The average Bonchev–Trinajstić information content (AvgIpc) is 2.66. The van der Waals surface area contributed by atoms with E-state index in [2.05, 4.69) is 4.74 Å². The normalized spacial score (nSPS) is 13.2. The van der Waals surface area contributed by atoms with Crippen LogP contribution in [0.1, 0.15) is 0 Å². The van der Waals surface area contributed by atoms with Gasteiger partial charge < -0.3 is 14.2 Å². The molecule has 0 atom stereocenters. The number of benzene rings is 2. The van der Waals surface area contributed by atoms with Crippen molar-refractivity contribution in [3.8, 4) is 11.5 Å². The molecular formula is C17H17NO6S. The minimum Gasteiger partial charge on any atom is -0.486 e. The average molecular weight is 363 g/mol. The van der Waals surface area contributed by atoms with E-state index in [4.69, 9.17) is 9.47 Å². The molecule has 0 amide bonds. The Balaban J connectivity index is 2.03. The largest absolute Gasteiger partial charge is 0.486 e. The van der Waals surface area contributed by atoms with Crippen LogP contribution in [0.4, 0.5) is 5.69 Å². The van der Waals surface area contributed by atoms with E-state index < -0.39 is 22.5 Å². The van der Waals surface area contributed by atoms with E-state index in [9.17, 15) is 13.2 Å². The van der Waals surface area contributed by atoms with Crippen molar-refractivity contribution in [1.82, 2.24) is 0 Å². The van der Waals surface area contributed by atoms with Gasteiger partial charge >= 0.3 is 5.97 Å². The van der Waals surface area contributed by atoms with Crippen LogP contribution < -0.4 is 13.8 Å². The fourth-order valence-electron chi connectivity index (χ4n) is 2.40. The Kier molecular flexibility index (Phi) is 4.80. The quantitative estimate of drug-likeness (QED) is 0.754. The van der Waals surface area contributed by atoms with Gasteiger partial charge in [0.15, 0.2) is 11.5 Å². The van der Waals surface area contributed by atoms with Crippen molar-refractivity contribution in [3.05, 3.63) is 48.5 Å². The SMILES string of the molecule is COC(=O)CN(c1ccccc1)S(=O)(=O)c1ccc2c(c1)OCCO2. The van der Waals surface area contributed by atoms with Crippen molar-refractivity contribution < 1.29 is 27.4 Å². The highest BCUT2D eigenvalue weighted by Crippen LogP contribution is 2.34. The van der Waals surface area contributed by atoms with Gasteiger partial charge in [-0.15, -0.1) is 0 Å². The zero-order chi connectivity index (χ0) is 17.9. The number of rotatable bonds is 5.